The highest BCUT2D eigenvalue weighted by atomic mass is 16.5. The van der Waals surface area contributed by atoms with Gasteiger partial charge in [0.1, 0.15) is 18.1 Å². The predicted molar refractivity (Wildman–Crippen MR) is 134 cm³/mol. The summed E-state index contributed by atoms with van der Waals surface area (Å²) in [6, 6.07) is 16.5. The first-order valence-corrected chi connectivity index (χ1v) is 12.3. The van der Waals surface area contributed by atoms with Crippen molar-refractivity contribution in [3.05, 3.63) is 77.6 Å². The van der Waals surface area contributed by atoms with E-state index >= 15 is 0 Å². The molecule has 0 unspecified atom stereocenters. The van der Waals surface area contributed by atoms with E-state index in [1.807, 2.05) is 29.1 Å². The molecule has 1 aromatic heterocycles. The summed E-state index contributed by atoms with van der Waals surface area (Å²) < 4.78 is 13.9. The Morgan fingerprint density at radius 3 is 2.76 bits per heavy atom. The lowest BCUT2D eigenvalue weighted by Gasteiger charge is -2.27. The molecule has 0 saturated carbocycles. The lowest BCUT2D eigenvalue weighted by atomic mass is 9.96. The minimum atomic E-state index is -0.786. The maximum Gasteiger partial charge on any atom is 0.122 e. The van der Waals surface area contributed by atoms with Crippen LogP contribution < -0.4 is 9.47 Å². The van der Waals surface area contributed by atoms with Crippen molar-refractivity contribution in [1.82, 2.24) is 14.7 Å². The second kappa shape index (κ2) is 11.5. The average molecular weight is 464 g/mol. The van der Waals surface area contributed by atoms with Crippen molar-refractivity contribution in [1.29, 1.82) is 0 Å². The van der Waals surface area contributed by atoms with Gasteiger partial charge in [-0.2, -0.15) is 5.10 Å². The number of hydrogen-bond acceptors (Lipinski definition) is 5. The van der Waals surface area contributed by atoms with Gasteiger partial charge in [-0.25, -0.2) is 0 Å². The molecule has 6 nitrogen and oxygen atoms in total. The van der Waals surface area contributed by atoms with Gasteiger partial charge in [-0.3, -0.25) is 9.58 Å². The highest BCUT2D eigenvalue weighted by molar-refractivity contribution is 5.35. The van der Waals surface area contributed by atoms with Gasteiger partial charge in [0.05, 0.1) is 12.2 Å². The molecule has 0 spiro atoms. The highest BCUT2D eigenvalue weighted by Crippen LogP contribution is 2.27. The number of likely N-dealkylation sites (tertiary alicyclic amines) is 1. The van der Waals surface area contributed by atoms with Crippen molar-refractivity contribution in [2.24, 2.45) is 0 Å². The van der Waals surface area contributed by atoms with Crippen LogP contribution >= 0.6 is 0 Å². The minimum Gasteiger partial charge on any atom is -0.494 e. The van der Waals surface area contributed by atoms with E-state index in [9.17, 15) is 5.11 Å². The van der Waals surface area contributed by atoms with Gasteiger partial charge >= 0.3 is 0 Å². The smallest absolute Gasteiger partial charge is 0.122 e. The first kappa shape index (κ1) is 24.3. The Bertz CT molecular complexity index is 1040. The van der Waals surface area contributed by atoms with E-state index in [2.05, 4.69) is 54.2 Å². The van der Waals surface area contributed by atoms with Crippen molar-refractivity contribution in [2.75, 3.05) is 26.3 Å². The van der Waals surface area contributed by atoms with E-state index in [1.54, 1.807) is 6.20 Å². The molecular formula is C28H37N3O3. The third-order valence-corrected chi connectivity index (χ3v) is 6.50. The fraction of sp³-hybridized carbons (Fsp3) is 0.464. The van der Waals surface area contributed by atoms with Crippen LogP contribution in [0.3, 0.4) is 0 Å². The van der Waals surface area contributed by atoms with Crippen molar-refractivity contribution >= 4 is 0 Å². The Kier molecular flexibility index (Phi) is 8.25. The molecule has 2 heterocycles. The first-order valence-electron chi connectivity index (χ1n) is 12.3. The van der Waals surface area contributed by atoms with Crippen LogP contribution in [0.2, 0.25) is 0 Å². The summed E-state index contributed by atoms with van der Waals surface area (Å²) in [7, 11) is 0. The summed E-state index contributed by atoms with van der Waals surface area (Å²) in [6.07, 6.45) is 7.11. The standard InChI is InChI=1S/C28H37N3O3/c1-23-9-10-27(24(2)19-23)34-22-28(32)11-4-14-30(17-12-28)21-25-7-3-8-26(20-25)33-18-6-16-31-15-5-13-29-31/h3,5,7-10,13,15,19-20,32H,4,6,11-12,14,16-18,21-22H2,1-2H3/t28-/m1/s1. The second-order valence-corrected chi connectivity index (χ2v) is 9.53. The lowest BCUT2D eigenvalue weighted by molar-refractivity contribution is -0.0170. The zero-order valence-electron chi connectivity index (χ0n) is 20.4. The molecule has 4 rings (SSSR count). The third-order valence-electron chi connectivity index (χ3n) is 6.50. The predicted octanol–water partition coefficient (Wildman–Crippen LogP) is 4.77. The van der Waals surface area contributed by atoms with Crippen molar-refractivity contribution < 1.29 is 14.6 Å². The Morgan fingerprint density at radius 2 is 1.94 bits per heavy atom. The number of benzene rings is 2. The monoisotopic (exact) mass is 463 g/mol. The van der Waals surface area contributed by atoms with Crippen LogP contribution in [-0.4, -0.2) is 51.7 Å². The number of aliphatic hydroxyl groups is 1. The van der Waals surface area contributed by atoms with Crippen LogP contribution in [0, 0.1) is 13.8 Å². The minimum absolute atomic E-state index is 0.340. The van der Waals surface area contributed by atoms with Crippen molar-refractivity contribution in [3.63, 3.8) is 0 Å². The highest BCUT2D eigenvalue weighted by Gasteiger charge is 2.31. The SMILES string of the molecule is Cc1ccc(OC[C@@]2(O)CCCN(Cc3cccc(OCCCn4cccn4)c3)CC2)c(C)c1. The number of aromatic nitrogens is 2. The molecule has 1 saturated heterocycles. The van der Waals surface area contributed by atoms with Crippen LogP contribution in [0.15, 0.2) is 60.9 Å². The van der Waals surface area contributed by atoms with Gasteiger partial charge in [-0.1, -0.05) is 29.8 Å². The molecule has 6 heteroatoms. The lowest BCUT2D eigenvalue weighted by Crippen LogP contribution is -2.37. The summed E-state index contributed by atoms with van der Waals surface area (Å²) in [5.74, 6) is 1.77. The van der Waals surface area contributed by atoms with E-state index in [1.165, 1.54) is 11.1 Å². The van der Waals surface area contributed by atoms with Crippen LogP contribution in [-0.2, 0) is 13.1 Å². The fourth-order valence-electron chi connectivity index (χ4n) is 4.55. The first-order chi connectivity index (χ1) is 16.5. The van der Waals surface area contributed by atoms with Crippen LogP contribution in [0.25, 0.3) is 0 Å². The van der Waals surface area contributed by atoms with Crippen molar-refractivity contribution in [3.8, 4) is 11.5 Å². The maximum absolute atomic E-state index is 11.2. The largest absolute Gasteiger partial charge is 0.494 e. The molecule has 3 aromatic rings. The molecule has 0 amide bonds. The van der Waals surface area contributed by atoms with E-state index in [4.69, 9.17) is 9.47 Å². The van der Waals surface area contributed by atoms with Gasteiger partial charge in [-0.05, 0) is 75.0 Å². The third kappa shape index (κ3) is 7.08. The molecule has 1 N–H and O–H groups in total. The Balaban J connectivity index is 1.24. The number of aryl methyl sites for hydroxylation is 3. The summed E-state index contributed by atoms with van der Waals surface area (Å²) in [4.78, 5) is 2.42. The number of ether oxygens (including phenoxy) is 2. The average Bonchev–Trinajstić information content (AvgIpc) is 3.27. The van der Waals surface area contributed by atoms with Gasteiger partial charge in [0.15, 0.2) is 0 Å². The Morgan fingerprint density at radius 1 is 1.03 bits per heavy atom. The summed E-state index contributed by atoms with van der Waals surface area (Å²) in [5.41, 5.74) is 2.78. The molecule has 0 radical (unpaired) electrons. The summed E-state index contributed by atoms with van der Waals surface area (Å²) in [5, 5.41) is 15.4. The summed E-state index contributed by atoms with van der Waals surface area (Å²) >= 11 is 0. The summed E-state index contributed by atoms with van der Waals surface area (Å²) in [6.45, 7) is 8.68. The number of hydrogen-bond donors (Lipinski definition) is 1. The molecule has 2 aromatic carbocycles. The molecule has 34 heavy (non-hydrogen) atoms. The topological polar surface area (TPSA) is 59.8 Å². The number of rotatable bonds is 10. The zero-order valence-corrected chi connectivity index (χ0v) is 20.4. The van der Waals surface area contributed by atoms with Gasteiger partial charge in [0.25, 0.3) is 0 Å². The van der Waals surface area contributed by atoms with Gasteiger partial charge < -0.3 is 14.6 Å². The molecule has 0 aliphatic carbocycles. The zero-order chi connectivity index (χ0) is 23.8. The molecule has 1 aliphatic heterocycles. The molecule has 0 bridgehead atoms. The van der Waals surface area contributed by atoms with E-state index < -0.39 is 5.60 Å². The molecule has 182 valence electrons. The normalized spacial score (nSPS) is 19.0. The molecule has 1 fully saturated rings. The van der Waals surface area contributed by atoms with Crippen molar-refractivity contribution in [2.45, 2.75) is 58.2 Å². The van der Waals surface area contributed by atoms with E-state index in [0.717, 1.165) is 62.5 Å². The Labute approximate surface area is 203 Å². The fourth-order valence-corrected chi connectivity index (χ4v) is 4.55. The van der Waals surface area contributed by atoms with E-state index in [0.29, 0.717) is 19.6 Å². The maximum atomic E-state index is 11.2. The quantitative estimate of drug-likeness (QED) is 0.439. The molecular weight excluding hydrogens is 426 g/mol. The van der Waals surface area contributed by atoms with Crippen LogP contribution in [0.5, 0.6) is 11.5 Å². The van der Waals surface area contributed by atoms with Crippen LogP contribution in [0.1, 0.15) is 42.4 Å². The van der Waals surface area contributed by atoms with Gasteiger partial charge in [0.2, 0.25) is 0 Å². The van der Waals surface area contributed by atoms with Gasteiger partial charge in [-0.15, -0.1) is 0 Å². The van der Waals surface area contributed by atoms with Gasteiger partial charge in [0, 0.05) is 38.4 Å². The van der Waals surface area contributed by atoms with Crippen LogP contribution in [0.4, 0.5) is 0 Å². The molecule has 1 aliphatic rings. The Hall–Kier alpha value is -2.83. The van der Waals surface area contributed by atoms with E-state index in [-0.39, 0.29) is 0 Å². The second-order valence-electron chi connectivity index (χ2n) is 9.53. The molecule has 1 atom stereocenters. The number of nitrogens with zero attached hydrogens (tertiary/aromatic N) is 3.